The van der Waals surface area contributed by atoms with Gasteiger partial charge in [0.2, 0.25) is 5.91 Å². The zero-order valence-corrected chi connectivity index (χ0v) is 8.52. The molecule has 0 bridgehead atoms. The van der Waals surface area contributed by atoms with Gasteiger partial charge >= 0.3 is 0 Å². The lowest BCUT2D eigenvalue weighted by molar-refractivity contribution is -0.116. The lowest BCUT2D eigenvalue weighted by Crippen LogP contribution is -2.19. The molecule has 0 saturated heterocycles. The Morgan fingerprint density at radius 1 is 1.69 bits per heavy atom. The molecule has 3 nitrogen and oxygen atoms in total. The summed E-state index contributed by atoms with van der Waals surface area (Å²) in [5.41, 5.74) is 2.75. The van der Waals surface area contributed by atoms with E-state index in [9.17, 15) is 4.79 Å². The Kier molecular flexibility index (Phi) is 3.64. The van der Waals surface area contributed by atoms with Crippen molar-refractivity contribution >= 4 is 17.2 Å². The fraction of sp³-hybridized carbons (Fsp3) is 0.333. The van der Waals surface area contributed by atoms with E-state index in [0.717, 1.165) is 10.5 Å². The normalized spacial score (nSPS) is 9.38. The number of hydrogen-bond donors (Lipinski definition) is 1. The molecule has 0 aliphatic rings. The molecule has 0 aliphatic carbocycles. The Morgan fingerprint density at radius 3 is 3.00 bits per heavy atom. The van der Waals surface area contributed by atoms with Gasteiger partial charge in [-0.15, -0.1) is 11.3 Å². The van der Waals surface area contributed by atoms with Crippen LogP contribution in [0.1, 0.15) is 18.7 Å². The minimum absolute atomic E-state index is 0.0478. The number of allylic oxidation sites excluding steroid dienone is 1. The van der Waals surface area contributed by atoms with Crippen LogP contribution in [0, 0.1) is 0 Å². The highest BCUT2D eigenvalue weighted by molar-refractivity contribution is 7.09. The van der Waals surface area contributed by atoms with Gasteiger partial charge in [0.05, 0.1) is 12.1 Å². The molecule has 0 aliphatic heterocycles. The quantitative estimate of drug-likeness (QED) is 0.748. The molecule has 0 radical (unpaired) electrons. The van der Waals surface area contributed by atoms with Crippen LogP contribution in [-0.4, -0.2) is 10.9 Å². The van der Waals surface area contributed by atoms with E-state index in [1.165, 1.54) is 11.3 Å². The Hall–Kier alpha value is -1.16. The first-order valence-electron chi connectivity index (χ1n) is 3.98. The molecule has 1 rings (SSSR count). The van der Waals surface area contributed by atoms with Gasteiger partial charge in [-0.2, -0.15) is 0 Å². The lowest BCUT2D eigenvalue weighted by atomic mass is 10.3. The van der Waals surface area contributed by atoms with E-state index in [1.807, 2.05) is 13.8 Å². The molecule has 0 unspecified atom stereocenters. The second kappa shape index (κ2) is 4.77. The predicted octanol–water partition coefficient (Wildman–Crippen LogP) is 1.73. The first-order chi connectivity index (χ1) is 6.18. The number of thiazole rings is 1. The van der Waals surface area contributed by atoms with Crippen molar-refractivity contribution in [2.24, 2.45) is 0 Å². The third-order valence-electron chi connectivity index (χ3n) is 1.34. The minimum Gasteiger partial charge on any atom is -0.348 e. The highest BCUT2D eigenvalue weighted by Gasteiger charge is 1.97. The van der Waals surface area contributed by atoms with Gasteiger partial charge in [0.25, 0.3) is 0 Å². The van der Waals surface area contributed by atoms with Crippen LogP contribution in [0.5, 0.6) is 0 Å². The predicted molar refractivity (Wildman–Crippen MR) is 53.4 cm³/mol. The topological polar surface area (TPSA) is 42.0 Å². The minimum atomic E-state index is -0.0478. The van der Waals surface area contributed by atoms with Crippen LogP contribution in [0.15, 0.2) is 23.4 Å². The van der Waals surface area contributed by atoms with Gasteiger partial charge in [-0.25, -0.2) is 0 Å². The smallest absolute Gasteiger partial charge is 0.244 e. The van der Waals surface area contributed by atoms with Crippen LogP contribution >= 0.6 is 11.3 Å². The number of nitrogens with one attached hydrogen (secondary N) is 1. The Labute approximate surface area is 81.5 Å². The van der Waals surface area contributed by atoms with Gasteiger partial charge in [0.15, 0.2) is 0 Å². The summed E-state index contributed by atoms with van der Waals surface area (Å²) in [5.74, 6) is -0.0478. The number of amides is 1. The Bertz CT molecular complexity index is 299. The molecule has 1 heterocycles. The standard InChI is InChI=1S/C9H12N2OS/c1-7(2)3-9(12)11-5-8-4-10-6-13-8/h3-4,6H,5H2,1-2H3,(H,11,12). The fourth-order valence-electron chi connectivity index (χ4n) is 0.817. The number of hydrogen-bond acceptors (Lipinski definition) is 3. The van der Waals surface area contributed by atoms with Crippen molar-refractivity contribution in [3.05, 3.63) is 28.2 Å². The molecule has 70 valence electrons. The molecular formula is C9H12N2OS. The number of carbonyl (C=O) groups is 1. The maximum atomic E-state index is 11.1. The van der Waals surface area contributed by atoms with Crippen LogP contribution in [-0.2, 0) is 11.3 Å². The van der Waals surface area contributed by atoms with Crippen LogP contribution in [0.4, 0.5) is 0 Å². The SMILES string of the molecule is CC(C)=CC(=O)NCc1cncs1. The zero-order valence-electron chi connectivity index (χ0n) is 7.70. The second-order valence-electron chi connectivity index (χ2n) is 2.91. The van der Waals surface area contributed by atoms with E-state index >= 15 is 0 Å². The van der Waals surface area contributed by atoms with Gasteiger partial charge in [0.1, 0.15) is 0 Å². The summed E-state index contributed by atoms with van der Waals surface area (Å²) in [5, 5.41) is 2.77. The number of nitrogens with zero attached hydrogens (tertiary/aromatic N) is 1. The third-order valence-corrected chi connectivity index (χ3v) is 2.12. The highest BCUT2D eigenvalue weighted by atomic mass is 32.1. The number of aromatic nitrogens is 1. The van der Waals surface area contributed by atoms with Crippen molar-refractivity contribution in [1.82, 2.24) is 10.3 Å². The van der Waals surface area contributed by atoms with Gasteiger partial charge in [-0.3, -0.25) is 9.78 Å². The first kappa shape index (κ1) is 9.92. The Balaban J connectivity index is 2.35. The Morgan fingerprint density at radius 2 is 2.46 bits per heavy atom. The van der Waals surface area contributed by atoms with Crippen molar-refractivity contribution < 1.29 is 4.79 Å². The van der Waals surface area contributed by atoms with Crippen molar-refractivity contribution in [1.29, 1.82) is 0 Å². The maximum absolute atomic E-state index is 11.1. The molecule has 1 N–H and O–H groups in total. The van der Waals surface area contributed by atoms with Gasteiger partial charge in [-0.05, 0) is 13.8 Å². The molecule has 4 heteroatoms. The molecule has 1 amide bonds. The van der Waals surface area contributed by atoms with E-state index in [0.29, 0.717) is 6.54 Å². The molecule has 13 heavy (non-hydrogen) atoms. The third kappa shape index (κ3) is 3.85. The van der Waals surface area contributed by atoms with E-state index in [1.54, 1.807) is 17.8 Å². The lowest BCUT2D eigenvalue weighted by Gasteiger charge is -1.98. The summed E-state index contributed by atoms with van der Waals surface area (Å²) in [4.78, 5) is 16.1. The fourth-order valence-corrected chi connectivity index (χ4v) is 1.35. The van der Waals surface area contributed by atoms with Crippen molar-refractivity contribution in [3.63, 3.8) is 0 Å². The summed E-state index contributed by atoms with van der Waals surface area (Å²) < 4.78 is 0. The van der Waals surface area contributed by atoms with Gasteiger partial charge < -0.3 is 5.32 Å². The van der Waals surface area contributed by atoms with Crippen LogP contribution < -0.4 is 5.32 Å². The van der Waals surface area contributed by atoms with Crippen LogP contribution in [0.25, 0.3) is 0 Å². The molecule has 0 aromatic carbocycles. The average Bonchev–Trinajstić information content (AvgIpc) is 2.51. The summed E-state index contributed by atoms with van der Waals surface area (Å²) in [6.45, 7) is 4.35. The molecule has 0 saturated carbocycles. The summed E-state index contributed by atoms with van der Waals surface area (Å²) in [7, 11) is 0. The van der Waals surface area contributed by atoms with E-state index in [4.69, 9.17) is 0 Å². The summed E-state index contributed by atoms with van der Waals surface area (Å²) in [6.07, 6.45) is 3.34. The van der Waals surface area contributed by atoms with Crippen molar-refractivity contribution in [2.45, 2.75) is 20.4 Å². The molecule has 1 aromatic heterocycles. The zero-order chi connectivity index (χ0) is 9.68. The molecule has 0 atom stereocenters. The van der Waals surface area contributed by atoms with Gasteiger partial charge in [0, 0.05) is 17.2 Å². The summed E-state index contributed by atoms with van der Waals surface area (Å²) >= 11 is 1.54. The molecule has 0 spiro atoms. The van der Waals surface area contributed by atoms with Crippen molar-refractivity contribution in [3.8, 4) is 0 Å². The molecule has 1 aromatic rings. The second-order valence-corrected chi connectivity index (χ2v) is 3.88. The van der Waals surface area contributed by atoms with Crippen LogP contribution in [0.3, 0.4) is 0 Å². The summed E-state index contributed by atoms with van der Waals surface area (Å²) in [6, 6.07) is 0. The largest absolute Gasteiger partial charge is 0.348 e. The molecule has 0 fully saturated rings. The average molecular weight is 196 g/mol. The van der Waals surface area contributed by atoms with Gasteiger partial charge in [-0.1, -0.05) is 5.57 Å². The number of rotatable bonds is 3. The monoisotopic (exact) mass is 196 g/mol. The maximum Gasteiger partial charge on any atom is 0.244 e. The number of carbonyl (C=O) groups excluding carboxylic acids is 1. The van der Waals surface area contributed by atoms with E-state index < -0.39 is 0 Å². The van der Waals surface area contributed by atoms with E-state index in [-0.39, 0.29) is 5.91 Å². The van der Waals surface area contributed by atoms with E-state index in [2.05, 4.69) is 10.3 Å². The van der Waals surface area contributed by atoms with Crippen molar-refractivity contribution in [2.75, 3.05) is 0 Å². The van der Waals surface area contributed by atoms with Crippen LogP contribution in [0.2, 0.25) is 0 Å². The highest BCUT2D eigenvalue weighted by Crippen LogP contribution is 2.03. The molecular weight excluding hydrogens is 184 g/mol. The first-order valence-corrected chi connectivity index (χ1v) is 4.86.